The summed E-state index contributed by atoms with van der Waals surface area (Å²) < 4.78 is 5.59. The molecule has 4 nitrogen and oxygen atoms in total. The van der Waals surface area contributed by atoms with Gasteiger partial charge in [-0.3, -0.25) is 4.79 Å². The van der Waals surface area contributed by atoms with E-state index in [4.69, 9.17) is 4.74 Å². The Bertz CT molecular complexity index is 1120. The Hall–Kier alpha value is -3.05. The first kappa shape index (κ1) is 23.1. The van der Waals surface area contributed by atoms with Crippen LogP contribution in [0.2, 0.25) is 0 Å². The molecular formula is C28H29NO3S. The van der Waals surface area contributed by atoms with Crippen molar-refractivity contribution < 1.29 is 14.3 Å². The van der Waals surface area contributed by atoms with Gasteiger partial charge in [-0.25, -0.2) is 4.79 Å². The van der Waals surface area contributed by atoms with Gasteiger partial charge >= 0.3 is 6.09 Å². The lowest BCUT2D eigenvalue weighted by molar-refractivity contribution is -0.112. The molecule has 1 aliphatic rings. The molecular weight excluding hydrogens is 430 g/mol. The van der Waals surface area contributed by atoms with E-state index in [1.807, 2.05) is 36.4 Å². The van der Waals surface area contributed by atoms with Crippen LogP contribution in [0.25, 0.3) is 11.1 Å². The summed E-state index contributed by atoms with van der Waals surface area (Å²) in [6.07, 6.45) is -0.257. The second-order valence-corrected chi connectivity index (χ2v) is 9.95. The van der Waals surface area contributed by atoms with Crippen LogP contribution in [0.3, 0.4) is 0 Å². The van der Waals surface area contributed by atoms with Crippen LogP contribution in [0, 0.1) is 0 Å². The molecule has 3 aromatic rings. The van der Waals surface area contributed by atoms with E-state index >= 15 is 0 Å². The quantitative estimate of drug-likeness (QED) is 0.452. The number of benzene rings is 3. The zero-order valence-corrected chi connectivity index (χ0v) is 20.1. The molecule has 1 N–H and O–H groups in total. The number of alkyl carbamates (subject to hydrolysis) is 1. The molecule has 0 heterocycles. The third-order valence-corrected chi connectivity index (χ3v) is 6.51. The first-order valence-electron chi connectivity index (χ1n) is 11.2. The van der Waals surface area contributed by atoms with Crippen LogP contribution in [0.5, 0.6) is 0 Å². The van der Waals surface area contributed by atoms with Crippen LogP contribution < -0.4 is 5.32 Å². The maximum Gasteiger partial charge on any atom is 0.407 e. The zero-order valence-electron chi connectivity index (χ0n) is 19.2. The number of amides is 1. The van der Waals surface area contributed by atoms with Gasteiger partial charge in [-0.15, -0.1) is 12.6 Å². The van der Waals surface area contributed by atoms with Crippen molar-refractivity contribution >= 4 is 23.8 Å². The van der Waals surface area contributed by atoms with Crippen LogP contribution in [0.1, 0.15) is 48.9 Å². The highest BCUT2D eigenvalue weighted by Crippen LogP contribution is 2.44. The monoisotopic (exact) mass is 459 g/mol. The molecule has 0 aliphatic heterocycles. The summed E-state index contributed by atoms with van der Waals surface area (Å²) in [5.41, 5.74) is 6.85. The Kier molecular flexibility index (Phi) is 6.61. The number of hydrogen-bond donors (Lipinski definition) is 2. The van der Waals surface area contributed by atoms with Gasteiger partial charge in [-0.1, -0.05) is 93.6 Å². The fraction of sp³-hybridized carbons (Fsp3) is 0.286. The van der Waals surface area contributed by atoms with E-state index in [0.717, 1.165) is 16.7 Å². The first-order chi connectivity index (χ1) is 15.7. The molecule has 0 radical (unpaired) electrons. The van der Waals surface area contributed by atoms with Gasteiger partial charge in [0, 0.05) is 12.3 Å². The van der Waals surface area contributed by atoms with Crippen molar-refractivity contribution in [3.8, 4) is 11.1 Å². The van der Waals surface area contributed by atoms with Gasteiger partial charge in [0.25, 0.3) is 0 Å². The molecule has 0 bridgehead atoms. The maximum absolute atomic E-state index is 12.6. The van der Waals surface area contributed by atoms with E-state index in [0.29, 0.717) is 6.42 Å². The van der Waals surface area contributed by atoms with Crippen molar-refractivity contribution in [2.75, 3.05) is 6.61 Å². The second-order valence-electron chi connectivity index (χ2n) is 9.51. The number of rotatable bonds is 6. The maximum atomic E-state index is 12.6. The number of ether oxygens (including phenoxy) is 1. The van der Waals surface area contributed by atoms with E-state index in [9.17, 15) is 9.59 Å². The van der Waals surface area contributed by atoms with E-state index in [2.05, 4.69) is 75.1 Å². The number of fused-ring (bicyclic) bond motifs is 3. The lowest BCUT2D eigenvalue weighted by Crippen LogP contribution is -2.41. The van der Waals surface area contributed by atoms with Crippen molar-refractivity contribution in [1.82, 2.24) is 5.32 Å². The Morgan fingerprint density at radius 1 is 0.909 bits per heavy atom. The van der Waals surface area contributed by atoms with Crippen LogP contribution in [0.4, 0.5) is 4.79 Å². The Morgan fingerprint density at radius 2 is 1.45 bits per heavy atom. The minimum Gasteiger partial charge on any atom is -0.449 e. The smallest absolute Gasteiger partial charge is 0.407 e. The summed E-state index contributed by atoms with van der Waals surface area (Å²) in [5, 5.41) is 2.29. The molecule has 0 saturated heterocycles. The van der Waals surface area contributed by atoms with Crippen molar-refractivity contribution in [2.24, 2.45) is 0 Å². The minimum atomic E-state index is -0.760. The van der Waals surface area contributed by atoms with E-state index in [1.54, 1.807) is 0 Å². The van der Waals surface area contributed by atoms with Crippen molar-refractivity contribution in [1.29, 1.82) is 0 Å². The van der Waals surface area contributed by atoms with Gasteiger partial charge in [0.05, 0.1) is 0 Å². The summed E-state index contributed by atoms with van der Waals surface area (Å²) in [4.78, 5) is 24.7. The third kappa shape index (κ3) is 5.14. The predicted octanol–water partition coefficient (Wildman–Crippen LogP) is 5.89. The molecule has 0 unspecified atom stereocenters. The van der Waals surface area contributed by atoms with Crippen LogP contribution in [-0.2, 0) is 21.4 Å². The van der Waals surface area contributed by atoms with Crippen molar-refractivity contribution in [3.63, 3.8) is 0 Å². The number of nitrogens with one attached hydrogen (secondary N) is 1. The molecule has 0 saturated carbocycles. The molecule has 33 heavy (non-hydrogen) atoms. The lowest BCUT2D eigenvalue weighted by atomic mass is 9.86. The van der Waals surface area contributed by atoms with Gasteiger partial charge in [0.15, 0.2) is 0 Å². The van der Waals surface area contributed by atoms with Crippen molar-refractivity contribution in [3.05, 3.63) is 95.1 Å². The number of hydrogen-bond acceptors (Lipinski definition) is 3. The average molecular weight is 460 g/mol. The SMILES string of the molecule is CC(C)(C)c1ccc(C[C@H](NC(=O)OCC2c3ccccc3-c3ccccc32)C(=O)S)cc1. The zero-order chi connectivity index (χ0) is 23.6. The van der Waals surface area contributed by atoms with Gasteiger partial charge in [-0.05, 0) is 38.8 Å². The number of carbonyl (C=O) groups excluding carboxylic acids is 2. The third-order valence-electron chi connectivity index (χ3n) is 6.19. The molecule has 0 aromatic heterocycles. The van der Waals surface area contributed by atoms with Crippen LogP contribution in [-0.4, -0.2) is 23.9 Å². The molecule has 1 atom stereocenters. The van der Waals surface area contributed by atoms with E-state index in [1.165, 1.54) is 16.7 Å². The number of thiol groups is 1. The van der Waals surface area contributed by atoms with Gasteiger partial charge < -0.3 is 10.1 Å². The summed E-state index contributed by atoms with van der Waals surface area (Å²) in [5.74, 6) is -0.0294. The molecule has 5 heteroatoms. The van der Waals surface area contributed by atoms with Crippen LogP contribution >= 0.6 is 12.6 Å². The molecule has 0 spiro atoms. The fourth-order valence-electron chi connectivity index (χ4n) is 4.36. The van der Waals surface area contributed by atoms with E-state index in [-0.39, 0.29) is 17.9 Å². The number of carbonyl (C=O) groups is 2. The Labute approximate surface area is 200 Å². The standard InChI is InChI=1S/C28H29NO3S/c1-28(2,3)19-14-12-18(13-15-19)16-25(26(30)33)29-27(31)32-17-24-22-10-6-4-8-20(22)21-9-5-7-11-23(21)24/h4-15,24-25H,16-17H2,1-3H3,(H,29,31)(H,30,33)/t25-/m0/s1. The largest absolute Gasteiger partial charge is 0.449 e. The summed E-state index contributed by atoms with van der Waals surface area (Å²) in [7, 11) is 0. The normalized spacial score (nSPS) is 13.7. The predicted molar refractivity (Wildman–Crippen MR) is 135 cm³/mol. The average Bonchev–Trinajstić information content (AvgIpc) is 3.11. The van der Waals surface area contributed by atoms with E-state index < -0.39 is 17.3 Å². The summed E-state index contributed by atoms with van der Waals surface area (Å²) in [6.45, 7) is 6.66. The fourth-order valence-corrected chi connectivity index (χ4v) is 4.51. The van der Waals surface area contributed by atoms with Gasteiger partial charge in [0.2, 0.25) is 5.12 Å². The Morgan fingerprint density at radius 3 is 1.97 bits per heavy atom. The topological polar surface area (TPSA) is 55.4 Å². The minimum absolute atomic E-state index is 0.0294. The molecule has 1 amide bonds. The molecule has 1 aliphatic carbocycles. The highest BCUT2D eigenvalue weighted by atomic mass is 32.1. The van der Waals surface area contributed by atoms with Gasteiger partial charge in [-0.2, -0.15) is 0 Å². The molecule has 3 aromatic carbocycles. The highest BCUT2D eigenvalue weighted by Gasteiger charge is 2.29. The van der Waals surface area contributed by atoms with Gasteiger partial charge in [0.1, 0.15) is 12.6 Å². The lowest BCUT2D eigenvalue weighted by Gasteiger charge is -2.20. The molecule has 170 valence electrons. The molecule has 4 rings (SSSR count). The first-order valence-corrected chi connectivity index (χ1v) is 11.6. The summed E-state index contributed by atoms with van der Waals surface area (Å²) in [6, 6.07) is 23.7. The molecule has 0 fully saturated rings. The van der Waals surface area contributed by atoms with Crippen LogP contribution in [0.15, 0.2) is 72.8 Å². The second kappa shape index (κ2) is 9.44. The Balaban J connectivity index is 1.41. The highest BCUT2D eigenvalue weighted by molar-refractivity contribution is 7.96. The van der Waals surface area contributed by atoms with Crippen molar-refractivity contribution in [2.45, 2.75) is 44.6 Å². The summed E-state index contributed by atoms with van der Waals surface area (Å²) >= 11 is 3.98.